The lowest BCUT2D eigenvalue weighted by Crippen LogP contribution is -2.43. The normalized spacial score (nSPS) is 16.6. The van der Waals surface area contributed by atoms with E-state index in [0.717, 1.165) is 55.1 Å². The molecule has 8 nitrogen and oxygen atoms in total. The molecule has 2 aromatic heterocycles. The number of hydrogen-bond donors (Lipinski definition) is 1. The molecular weight excluding hydrogens is 380 g/mol. The van der Waals surface area contributed by atoms with Gasteiger partial charge in [-0.25, -0.2) is 4.98 Å². The number of benzene rings is 1. The van der Waals surface area contributed by atoms with Crippen LogP contribution in [0.15, 0.2) is 36.7 Å². The summed E-state index contributed by atoms with van der Waals surface area (Å²) in [6.07, 6.45) is 5.27. The molecule has 1 fully saturated rings. The minimum Gasteiger partial charge on any atom is -0.496 e. The first kappa shape index (κ1) is 20.1. The highest BCUT2D eigenvalue weighted by atomic mass is 16.5. The maximum Gasteiger partial charge on any atom is 0.254 e. The lowest BCUT2D eigenvalue weighted by Gasteiger charge is -2.33. The summed E-state index contributed by atoms with van der Waals surface area (Å²) in [4.78, 5) is 24.0. The summed E-state index contributed by atoms with van der Waals surface area (Å²) < 4.78 is 7.15. The van der Waals surface area contributed by atoms with E-state index in [1.54, 1.807) is 11.6 Å². The van der Waals surface area contributed by atoms with E-state index >= 15 is 0 Å². The predicted octanol–water partition coefficient (Wildman–Crippen LogP) is 2.62. The number of aromatic nitrogens is 4. The first-order valence-electron chi connectivity index (χ1n) is 10.5. The lowest BCUT2D eigenvalue weighted by molar-refractivity contribution is -0.125. The molecule has 3 aromatic rings. The van der Waals surface area contributed by atoms with Crippen molar-refractivity contribution in [1.29, 1.82) is 0 Å². The number of anilines is 1. The molecule has 1 aromatic carbocycles. The van der Waals surface area contributed by atoms with Crippen molar-refractivity contribution in [3.63, 3.8) is 0 Å². The summed E-state index contributed by atoms with van der Waals surface area (Å²) in [6, 6.07) is 9.84. The van der Waals surface area contributed by atoms with Gasteiger partial charge in [0.25, 0.3) is 5.78 Å². The van der Waals surface area contributed by atoms with Crippen molar-refractivity contribution in [2.75, 3.05) is 25.1 Å². The molecule has 0 unspecified atom stereocenters. The van der Waals surface area contributed by atoms with Crippen LogP contribution in [0.1, 0.15) is 37.4 Å². The second-order valence-corrected chi connectivity index (χ2v) is 7.64. The average molecular weight is 409 g/mol. The van der Waals surface area contributed by atoms with E-state index in [1.807, 2.05) is 24.3 Å². The molecule has 0 aliphatic carbocycles. The van der Waals surface area contributed by atoms with Gasteiger partial charge in [-0.05, 0) is 25.3 Å². The maximum absolute atomic E-state index is 12.9. The summed E-state index contributed by atoms with van der Waals surface area (Å²) >= 11 is 0. The molecular formula is C22H28N6O2. The minimum absolute atomic E-state index is 0.0725. The number of aryl methyl sites for hydroxylation is 1. The number of fused-ring (bicyclic) bond motifs is 1. The quantitative estimate of drug-likeness (QED) is 0.647. The summed E-state index contributed by atoms with van der Waals surface area (Å²) in [5.41, 5.74) is 1.99. The Kier molecular flexibility index (Phi) is 6.11. The highest BCUT2D eigenvalue weighted by Gasteiger charge is 2.27. The number of carbonyl (C=O) groups is 1. The molecule has 0 radical (unpaired) electrons. The molecule has 1 saturated heterocycles. The number of amides is 1. The molecule has 1 amide bonds. The largest absolute Gasteiger partial charge is 0.496 e. The third-order valence-electron chi connectivity index (χ3n) is 5.55. The van der Waals surface area contributed by atoms with Crippen LogP contribution in [-0.2, 0) is 17.8 Å². The van der Waals surface area contributed by atoms with Crippen molar-refractivity contribution < 1.29 is 9.53 Å². The van der Waals surface area contributed by atoms with Gasteiger partial charge < -0.3 is 15.0 Å². The van der Waals surface area contributed by atoms with Crippen LogP contribution in [0.3, 0.4) is 0 Å². The molecule has 0 saturated carbocycles. The van der Waals surface area contributed by atoms with Gasteiger partial charge in [-0.1, -0.05) is 31.5 Å². The van der Waals surface area contributed by atoms with Gasteiger partial charge in [0, 0.05) is 37.0 Å². The molecule has 1 aliphatic heterocycles. The first-order chi connectivity index (χ1) is 14.7. The molecule has 4 rings (SSSR count). The van der Waals surface area contributed by atoms with Gasteiger partial charge >= 0.3 is 0 Å². The van der Waals surface area contributed by atoms with Crippen molar-refractivity contribution in [3.05, 3.63) is 47.9 Å². The number of methoxy groups -OCH3 is 1. The molecule has 1 aliphatic rings. The summed E-state index contributed by atoms with van der Waals surface area (Å²) in [5, 5.41) is 7.43. The maximum atomic E-state index is 12.9. The van der Waals surface area contributed by atoms with Gasteiger partial charge in [0.2, 0.25) is 5.91 Å². The second kappa shape index (κ2) is 9.11. The van der Waals surface area contributed by atoms with E-state index in [1.165, 1.54) is 6.33 Å². The minimum atomic E-state index is -0.0742. The number of carbonyl (C=O) groups excluding carboxylic acids is 1. The Morgan fingerprint density at radius 3 is 3.03 bits per heavy atom. The van der Waals surface area contributed by atoms with Gasteiger partial charge in [0.15, 0.2) is 0 Å². The number of nitrogens with one attached hydrogen (secondary N) is 1. The lowest BCUT2D eigenvalue weighted by atomic mass is 9.97. The summed E-state index contributed by atoms with van der Waals surface area (Å²) in [5.74, 6) is 2.36. The molecule has 158 valence electrons. The predicted molar refractivity (Wildman–Crippen MR) is 115 cm³/mol. The molecule has 1 atom stereocenters. The van der Waals surface area contributed by atoms with Crippen molar-refractivity contribution >= 4 is 17.5 Å². The van der Waals surface area contributed by atoms with Crippen molar-refractivity contribution in [2.45, 2.75) is 39.2 Å². The number of hydrogen-bond acceptors (Lipinski definition) is 6. The van der Waals surface area contributed by atoms with E-state index in [4.69, 9.17) is 4.74 Å². The van der Waals surface area contributed by atoms with Gasteiger partial charge in [-0.15, -0.1) is 0 Å². The smallest absolute Gasteiger partial charge is 0.254 e. The van der Waals surface area contributed by atoms with Crippen molar-refractivity contribution in [1.82, 2.24) is 24.9 Å². The second-order valence-electron chi connectivity index (χ2n) is 7.64. The van der Waals surface area contributed by atoms with Crippen LogP contribution in [0, 0.1) is 5.92 Å². The fourth-order valence-electron chi connectivity index (χ4n) is 4.03. The Hall–Kier alpha value is -3.16. The Morgan fingerprint density at radius 1 is 1.33 bits per heavy atom. The summed E-state index contributed by atoms with van der Waals surface area (Å²) in [7, 11) is 1.64. The van der Waals surface area contributed by atoms with Gasteiger partial charge in [0.1, 0.15) is 17.9 Å². The Bertz CT molecular complexity index is 1020. The highest BCUT2D eigenvalue weighted by Crippen LogP contribution is 2.25. The van der Waals surface area contributed by atoms with Crippen LogP contribution < -0.4 is 15.0 Å². The van der Waals surface area contributed by atoms with E-state index in [0.29, 0.717) is 18.9 Å². The molecule has 3 heterocycles. The van der Waals surface area contributed by atoms with Crippen molar-refractivity contribution in [3.8, 4) is 5.75 Å². The van der Waals surface area contributed by atoms with Crippen LogP contribution >= 0.6 is 0 Å². The molecule has 1 N–H and O–H groups in total. The van der Waals surface area contributed by atoms with Gasteiger partial charge in [0.05, 0.1) is 13.0 Å². The fourth-order valence-corrected chi connectivity index (χ4v) is 4.03. The van der Waals surface area contributed by atoms with Crippen LogP contribution in [0.4, 0.5) is 5.82 Å². The van der Waals surface area contributed by atoms with Crippen LogP contribution in [-0.4, -0.2) is 45.7 Å². The van der Waals surface area contributed by atoms with E-state index < -0.39 is 0 Å². The standard InChI is InChI=1S/C22H28N6O2/c1-3-7-18-12-20(28-22(26-18)24-15-25-28)27-11-6-9-17(14-27)21(29)23-13-16-8-4-5-10-19(16)30-2/h4-5,8,10,12,15,17H,3,6-7,9,11,13-14H2,1-2H3,(H,23,29)/t17-/m0/s1. The summed E-state index contributed by atoms with van der Waals surface area (Å²) in [6.45, 7) is 4.14. The van der Waals surface area contributed by atoms with E-state index in [2.05, 4.69) is 38.3 Å². The zero-order valence-electron chi connectivity index (χ0n) is 17.5. The SMILES string of the molecule is CCCc1cc(N2CCC[C@H](C(=O)NCc3ccccc3OC)C2)n2ncnc2n1. The van der Waals surface area contributed by atoms with Gasteiger partial charge in [-0.2, -0.15) is 14.6 Å². The number of rotatable bonds is 7. The number of piperidine rings is 1. The molecule has 0 spiro atoms. The van der Waals surface area contributed by atoms with Crippen LogP contribution in [0.25, 0.3) is 5.78 Å². The third-order valence-corrected chi connectivity index (χ3v) is 5.55. The molecule has 0 bridgehead atoms. The zero-order chi connectivity index (χ0) is 20.9. The topological polar surface area (TPSA) is 84.7 Å². The number of ether oxygens (including phenoxy) is 1. The van der Waals surface area contributed by atoms with Crippen LogP contribution in [0.5, 0.6) is 5.75 Å². The number of para-hydroxylation sites is 1. The number of nitrogens with zero attached hydrogens (tertiary/aromatic N) is 5. The third kappa shape index (κ3) is 4.22. The monoisotopic (exact) mass is 408 g/mol. The Morgan fingerprint density at radius 2 is 2.20 bits per heavy atom. The average Bonchev–Trinajstić information content (AvgIpc) is 3.26. The Balaban J connectivity index is 1.47. The van der Waals surface area contributed by atoms with E-state index in [9.17, 15) is 4.79 Å². The van der Waals surface area contributed by atoms with E-state index in [-0.39, 0.29) is 11.8 Å². The van der Waals surface area contributed by atoms with Gasteiger partial charge in [-0.3, -0.25) is 4.79 Å². The van der Waals surface area contributed by atoms with Crippen LogP contribution in [0.2, 0.25) is 0 Å². The Labute approximate surface area is 176 Å². The highest BCUT2D eigenvalue weighted by molar-refractivity contribution is 5.79. The van der Waals surface area contributed by atoms with Crippen molar-refractivity contribution in [2.24, 2.45) is 5.92 Å². The first-order valence-corrected chi connectivity index (χ1v) is 10.5. The molecule has 8 heteroatoms. The molecule has 30 heavy (non-hydrogen) atoms. The zero-order valence-corrected chi connectivity index (χ0v) is 17.5. The fraction of sp³-hybridized carbons (Fsp3) is 0.455.